The van der Waals surface area contributed by atoms with E-state index in [0.29, 0.717) is 19.3 Å². The van der Waals surface area contributed by atoms with E-state index < -0.39 is 0 Å². The second-order valence-electron chi connectivity index (χ2n) is 6.61. The fourth-order valence-corrected chi connectivity index (χ4v) is 3.20. The van der Waals surface area contributed by atoms with E-state index in [1.165, 1.54) is 0 Å². The number of methoxy groups -OCH3 is 1. The Morgan fingerprint density at radius 2 is 1.96 bits per heavy atom. The number of piperidine rings is 1. The predicted octanol–water partition coefficient (Wildman–Crippen LogP) is 3.07. The molecule has 0 aromatic heterocycles. The van der Waals surface area contributed by atoms with Crippen molar-refractivity contribution < 1.29 is 14.2 Å². The second kappa shape index (κ2) is 12.6. The van der Waals surface area contributed by atoms with Crippen molar-refractivity contribution in [3.05, 3.63) is 29.8 Å². The lowest BCUT2D eigenvalue weighted by Crippen LogP contribution is -2.47. The summed E-state index contributed by atoms with van der Waals surface area (Å²) in [5.41, 5.74) is 1.12. The van der Waals surface area contributed by atoms with Gasteiger partial charge in [-0.15, -0.1) is 0 Å². The standard InChI is InChI=1S/C21H35N3O3/c1-4-22-21(23-17-18-9-6-7-10-20(18)26-5-2)24-13-11-19(12-14-24)27-16-8-15-25-3/h6-7,9-10,19H,4-5,8,11-17H2,1-3H3,(H,22,23). The fraction of sp³-hybridized carbons (Fsp3) is 0.667. The largest absolute Gasteiger partial charge is 0.494 e. The molecule has 6 heteroatoms. The van der Waals surface area contributed by atoms with Crippen LogP contribution in [0.5, 0.6) is 5.75 Å². The van der Waals surface area contributed by atoms with E-state index in [1.54, 1.807) is 7.11 Å². The Bertz CT molecular complexity index is 557. The molecule has 0 bridgehead atoms. The van der Waals surface area contributed by atoms with Crippen molar-refractivity contribution in [3.8, 4) is 5.75 Å². The highest BCUT2D eigenvalue weighted by atomic mass is 16.5. The lowest BCUT2D eigenvalue weighted by atomic mass is 10.1. The van der Waals surface area contributed by atoms with Crippen molar-refractivity contribution in [1.29, 1.82) is 0 Å². The number of hydrogen-bond acceptors (Lipinski definition) is 4. The third kappa shape index (κ3) is 7.39. The van der Waals surface area contributed by atoms with E-state index in [9.17, 15) is 0 Å². The fourth-order valence-electron chi connectivity index (χ4n) is 3.20. The minimum Gasteiger partial charge on any atom is -0.494 e. The number of aliphatic imine (C=N–C) groups is 1. The van der Waals surface area contributed by atoms with Gasteiger partial charge in [0, 0.05) is 45.5 Å². The summed E-state index contributed by atoms with van der Waals surface area (Å²) in [6.45, 7) is 9.73. The lowest BCUT2D eigenvalue weighted by molar-refractivity contribution is 0.00990. The van der Waals surface area contributed by atoms with Crippen LogP contribution < -0.4 is 10.1 Å². The maximum atomic E-state index is 5.96. The van der Waals surface area contributed by atoms with Crippen LogP contribution in [0.15, 0.2) is 29.3 Å². The van der Waals surface area contributed by atoms with Crippen molar-refractivity contribution in [2.45, 2.75) is 45.8 Å². The number of likely N-dealkylation sites (tertiary alicyclic amines) is 1. The summed E-state index contributed by atoms with van der Waals surface area (Å²) in [5, 5.41) is 3.43. The van der Waals surface area contributed by atoms with Gasteiger partial charge in [-0.2, -0.15) is 0 Å². The first-order valence-corrected chi connectivity index (χ1v) is 10.1. The number of benzene rings is 1. The number of guanidine groups is 1. The van der Waals surface area contributed by atoms with Gasteiger partial charge in [0.15, 0.2) is 5.96 Å². The van der Waals surface area contributed by atoms with Gasteiger partial charge in [0.2, 0.25) is 0 Å². The van der Waals surface area contributed by atoms with Crippen LogP contribution in [0.1, 0.15) is 38.7 Å². The quantitative estimate of drug-likeness (QED) is 0.386. The van der Waals surface area contributed by atoms with E-state index in [0.717, 1.165) is 69.4 Å². The second-order valence-corrected chi connectivity index (χ2v) is 6.61. The Balaban J connectivity index is 1.89. The minimum absolute atomic E-state index is 0.347. The molecule has 2 rings (SSSR count). The molecule has 0 saturated carbocycles. The normalized spacial score (nSPS) is 15.8. The van der Waals surface area contributed by atoms with Gasteiger partial charge in [-0.1, -0.05) is 18.2 Å². The van der Waals surface area contributed by atoms with Gasteiger partial charge in [-0.05, 0) is 39.2 Å². The molecule has 152 valence electrons. The van der Waals surface area contributed by atoms with Gasteiger partial charge >= 0.3 is 0 Å². The Morgan fingerprint density at radius 1 is 1.19 bits per heavy atom. The molecule has 0 amide bonds. The molecule has 1 aliphatic heterocycles. The van der Waals surface area contributed by atoms with Crippen LogP contribution in [0.2, 0.25) is 0 Å². The molecule has 0 atom stereocenters. The van der Waals surface area contributed by atoms with Crippen molar-refractivity contribution >= 4 is 5.96 Å². The van der Waals surface area contributed by atoms with E-state index in [2.05, 4.69) is 23.2 Å². The van der Waals surface area contributed by atoms with Gasteiger partial charge < -0.3 is 24.4 Å². The van der Waals surface area contributed by atoms with Crippen LogP contribution in [0.3, 0.4) is 0 Å². The van der Waals surface area contributed by atoms with Gasteiger partial charge in [-0.3, -0.25) is 0 Å². The van der Waals surface area contributed by atoms with E-state index >= 15 is 0 Å². The van der Waals surface area contributed by atoms with Crippen molar-refractivity contribution in [1.82, 2.24) is 10.2 Å². The Labute approximate surface area is 163 Å². The molecule has 27 heavy (non-hydrogen) atoms. The molecule has 6 nitrogen and oxygen atoms in total. The summed E-state index contributed by atoms with van der Waals surface area (Å²) in [6, 6.07) is 8.12. The SMILES string of the molecule is CCNC(=NCc1ccccc1OCC)N1CCC(OCCCOC)CC1. The van der Waals surface area contributed by atoms with Gasteiger partial charge in [-0.25, -0.2) is 4.99 Å². The molecule has 0 spiro atoms. The molecule has 0 radical (unpaired) electrons. The van der Waals surface area contributed by atoms with Gasteiger partial charge in [0.05, 0.1) is 19.3 Å². The number of hydrogen-bond donors (Lipinski definition) is 1. The summed E-state index contributed by atoms with van der Waals surface area (Å²) in [4.78, 5) is 7.19. The highest BCUT2D eigenvalue weighted by Gasteiger charge is 2.21. The zero-order chi connectivity index (χ0) is 19.3. The highest BCUT2D eigenvalue weighted by Crippen LogP contribution is 2.19. The zero-order valence-electron chi connectivity index (χ0n) is 17.1. The molecule has 1 aliphatic rings. The number of nitrogens with one attached hydrogen (secondary N) is 1. The van der Waals surface area contributed by atoms with Crippen molar-refractivity contribution in [2.75, 3.05) is 46.6 Å². The summed E-state index contributed by atoms with van der Waals surface area (Å²) < 4.78 is 16.7. The average molecular weight is 378 g/mol. The molecule has 1 aromatic rings. The van der Waals surface area contributed by atoms with Crippen LogP contribution in [-0.4, -0.2) is 63.5 Å². The Morgan fingerprint density at radius 3 is 2.67 bits per heavy atom. The number of ether oxygens (including phenoxy) is 3. The predicted molar refractivity (Wildman–Crippen MR) is 109 cm³/mol. The molecule has 0 unspecified atom stereocenters. The zero-order valence-corrected chi connectivity index (χ0v) is 17.1. The van der Waals surface area contributed by atoms with Crippen LogP contribution in [0.4, 0.5) is 0 Å². The van der Waals surface area contributed by atoms with Crippen molar-refractivity contribution in [2.24, 2.45) is 4.99 Å². The molecule has 0 aliphatic carbocycles. The summed E-state index contributed by atoms with van der Waals surface area (Å²) in [6.07, 6.45) is 3.37. The van der Waals surface area contributed by atoms with E-state index in [-0.39, 0.29) is 0 Å². The smallest absolute Gasteiger partial charge is 0.194 e. The van der Waals surface area contributed by atoms with Gasteiger partial charge in [0.25, 0.3) is 0 Å². The number of rotatable bonds is 10. The molecular formula is C21H35N3O3. The first-order chi connectivity index (χ1) is 13.3. The monoisotopic (exact) mass is 377 g/mol. The lowest BCUT2D eigenvalue weighted by Gasteiger charge is -2.34. The summed E-state index contributed by atoms with van der Waals surface area (Å²) >= 11 is 0. The molecule has 1 fully saturated rings. The third-order valence-corrected chi connectivity index (χ3v) is 4.59. The topological polar surface area (TPSA) is 55.3 Å². The van der Waals surface area contributed by atoms with Crippen LogP contribution in [0.25, 0.3) is 0 Å². The average Bonchev–Trinajstić information content (AvgIpc) is 2.70. The molecule has 1 N–H and O–H groups in total. The Hall–Kier alpha value is -1.79. The van der Waals surface area contributed by atoms with Crippen LogP contribution in [-0.2, 0) is 16.0 Å². The molecule has 1 saturated heterocycles. The molecule has 1 aromatic carbocycles. The minimum atomic E-state index is 0.347. The Kier molecular flexibility index (Phi) is 10.0. The maximum absolute atomic E-state index is 5.96. The first kappa shape index (κ1) is 21.5. The molecule has 1 heterocycles. The number of para-hydroxylation sites is 1. The first-order valence-electron chi connectivity index (χ1n) is 10.1. The van der Waals surface area contributed by atoms with Crippen LogP contribution >= 0.6 is 0 Å². The van der Waals surface area contributed by atoms with Crippen LogP contribution in [0, 0.1) is 0 Å². The third-order valence-electron chi connectivity index (χ3n) is 4.59. The summed E-state index contributed by atoms with van der Waals surface area (Å²) in [7, 11) is 1.73. The summed E-state index contributed by atoms with van der Waals surface area (Å²) in [5.74, 6) is 1.89. The van der Waals surface area contributed by atoms with E-state index in [4.69, 9.17) is 19.2 Å². The van der Waals surface area contributed by atoms with E-state index in [1.807, 2.05) is 25.1 Å². The highest BCUT2D eigenvalue weighted by molar-refractivity contribution is 5.80. The van der Waals surface area contributed by atoms with Gasteiger partial charge in [0.1, 0.15) is 5.75 Å². The molecular weight excluding hydrogens is 342 g/mol. The number of nitrogens with zero attached hydrogens (tertiary/aromatic N) is 2. The van der Waals surface area contributed by atoms with Crippen molar-refractivity contribution in [3.63, 3.8) is 0 Å². The maximum Gasteiger partial charge on any atom is 0.194 e.